The fraction of sp³-hybridized carbons (Fsp3) is 0.615. The van der Waals surface area contributed by atoms with Gasteiger partial charge in [0.1, 0.15) is 16.0 Å². The maximum absolute atomic E-state index is 11.2. The highest BCUT2D eigenvalue weighted by Gasteiger charge is 2.48. The highest BCUT2D eigenvalue weighted by molar-refractivity contribution is 7.17. The Hall–Kier alpha value is -0.530. The molecule has 0 radical (unpaired) electrons. The molecule has 0 aromatic carbocycles. The van der Waals surface area contributed by atoms with E-state index < -0.39 is 17.8 Å². The van der Waals surface area contributed by atoms with Crippen LogP contribution in [0, 0.1) is 0 Å². The van der Waals surface area contributed by atoms with Gasteiger partial charge in [-0.15, -0.1) is 11.3 Å². The first-order chi connectivity index (χ1) is 9.85. The Morgan fingerprint density at radius 3 is 2.86 bits per heavy atom. The van der Waals surface area contributed by atoms with Gasteiger partial charge in [-0.25, -0.2) is 4.79 Å². The Kier molecular flexibility index (Phi) is 3.86. The number of halogens is 2. The van der Waals surface area contributed by atoms with Crippen LogP contribution in [0.1, 0.15) is 36.3 Å². The molecule has 1 fully saturated rings. The van der Waals surface area contributed by atoms with Crippen molar-refractivity contribution in [1.82, 2.24) is 4.90 Å². The molecule has 1 saturated heterocycles. The molecular weight excluding hydrogens is 337 g/mol. The minimum absolute atomic E-state index is 0.152. The van der Waals surface area contributed by atoms with E-state index in [9.17, 15) is 15.0 Å². The molecule has 2 N–H and O–H groups in total. The molecule has 1 amide bonds. The first-order valence-corrected chi connectivity index (χ1v) is 8.23. The molecule has 3 heterocycles. The number of aliphatic hydroxyl groups is 1. The molecule has 1 spiro atoms. The van der Waals surface area contributed by atoms with E-state index in [0.717, 1.165) is 4.88 Å². The molecule has 8 heteroatoms. The van der Waals surface area contributed by atoms with E-state index in [1.54, 1.807) is 0 Å². The average Bonchev–Trinajstić information content (AvgIpc) is 2.72. The van der Waals surface area contributed by atoms with Crippen molar-refractivity contribution in [2.75, 3.05) is 13.2 Å². The van der Waals surface area contributed by atoms with Crippen molar-refractivity contribution >= 4 is 40.6 Å². The normalized spacial score (nSPS) is 32.3. The fourth-order valence-electron chi connectivity index (χ4n) is 3.25. The number of carbonyl (C=O) groups is 1. The van der Waals surface area contributed by atoms with Crippen LogP contribution in [0.2, 0.25) is 9.36 Å². The SMILES string of the molecule is C[C@H]1C[C@@]2(CCN1C(=O)O)OCC(O)c1c2sc(Cl)c1Cl. The van der Waals surface area contributed by atoms with Crippen LogP contribution >= 0.6 is 34.5 Å². The molecule has 116 valence electrons. The smallest absolute Gasteiger partial charge is 0.407 e. The Morgan fingerprint density at radius 2 is 2.24 bits per heavy atom. The number of fused-ring (bicyclic) bond motifs is 2. The Balaban J connectivity index is 2.00. The number of carboxylic acid groups (broad SMARTS) is 1. The summed E-state index contributed by atoms with van der Waals surface area (Å²) >= 11 is 13.6. The molecule has 2 aliphatic rings. The standard InChI is InChI=1S/C13H15Cl2NO4S/c1-6-4-13(2-3-16(6)12(18)19)10-8(7(17)5-20-13)9(14)11(15)21-10/h6-7,17H,2-5H2,1H3,(H,18,19)/t6-,7?,13+/m0/s1. The maximum Gasteiger partial charge on any atom is 0.407 e. The predicted molar refractivity (Wildman–Crippen MR) is 80.4 cm³/mol. The van der Waals surface area contributed by atoms with Crippen molar-refractivity contribution in [3.05, 3.63) is 19.8 Å². The number of amides is 1. The third kappa shape index (κ3) is 2.33. The molecule has 1 unspecified atom stereocenters. The Morgan fingerprint density at radius 1 is 1.52 bits per heavy atom. The third-order valence-corrected chi connectivity index (χ3v) is 6.47. The number of thiophene rings is 1. The van der Waals surface area contributed by atoms with E-state index in [0.29, 0.717) is 34.3 Å². The lowest BCUT2D eigenvalue weighted by atomic mass is 9.82. The highest BCUT2D eigenvalue weighted by atomic mass is 35.5. The van der Waals surface area contributed by atoms with Gasteiger partial charge in [0.2, 0.25) is 0 Å². The van der Waals surface area contributed by atoms with Crippen LogP contribution in [-0.2, 0) is 10.3 Å². The quantitative estimate of drug-likeness (QED) is 0.750. The third-order valence-electron chi connectivity index (χ3n) is 4.27. The van der Waals surface area contributed by atoms with Gasteiger partial charge in [-0.1, -0.05) is 23.2 Å². The second-order valence-corrected chi connectivity index (χ2v) is 7.53. The lowest BCUT2D eigenvalue weighted by Gasteiger charge is -2.46. The summed E-state index contributed by atoms with van der Waals surface area (Å²) in [5.41, 5.74) is 0.0513. The van der Waals surface area contributed by atoms with Crippen molar-refractivity contribution in [1.29, 1.82) is 0 Å². The topological polar surface area (TPSA) is 70.0 Å². The zero-order chi connectivity index (χ0) is 15.4. The lowest BCUT2D eigenvalue weighted by molar-refractivity contribution is -0.134. The van der Waals surface area contributed by atoms with Gasteiger partial charge in [-0.2, -0.15) is 0 Å². The first kappa shape index (κ1) is 15.4. The number of rotatable bonds is 0. The molecule has 0 bridgehead atoms. The number of nitrogens with zero attached hydrogens (tertiary/aromatic N) is 1. The van der Waals surface area contributed by atoms with Crippen LogP contribution in [-0.4, -0.2) is 40.4 Å². The van der Waals surface area contributed by atoms with Crippen LogP contribution in [0.3, 0.4) is 0 Å². The number of aliphatic hydroxyl groups excluding tert-OH is 1. The molecule has 21 heavy (non-hydrogen) atoms. The fourth-order valence-corrected chi connectivity index (χ4v) is 5.13. The zero-order valence-corrected chi connectivity index (χ0v) is 13.6. The molecule has 0 aliphatic carbocycles. The van der Waals surface area contributed by atoms with Crippen molar-refractivity contribution in [3.8, 4) is 0 Å². The minimum Gasteiger partial charge on any atom is -0.465 e. The Bertz CT molecular complexity index is 593. The van der Waals surface area contributed by atoms with Crippen molar-refractivity contribution in [2.24, 2.45) is 0 Å². The van der Waals surface area contributed by atoms with E-state index in [1.165, 1.54) is 16.2 Å². The summed E-state index contributed by atoms with van der Waals surface area (Å²) in [6.45, 7) is 2.40. The molecule has 3 rings (SSSR count). The highest BCUT2D eigenvalue weighted by Crippen LogP contribution is 2.53. The molecule has 2 aliphatic heterocycles. The van der Waals surface area contributed by atoms with Crippen molar-refractivity contribution in [3.63, 3.8) is 0 Å². The lowest BCUT2D eigenvalue weighted by Crippen LogP contribution is -2.52. The summed E-state index contributed by atoms with van der Waals surface area (Å²) in [5, 5.41) is 19.7. The van der Waals surface area contributed by atoms with Crippen LogP contribution in [0.25, 0.3) is 0 Å². The molecule has 3 atom stereocenters. The van der Waals surface area contributed by atoms with E-state index >= 15 is 0 Å². The largest absolute Gasteiger partial charge is 0.465 e. The van der Waals surface area contributed by atoms with E-state index in [1.807, 2.05) is 6.92 Å². The van der Waals surface area contributed by atoms with Crippen LogP contribution < -0.4 is 0 Å². The summed E-state index contributed by atoms with van der Waals surface area (Å²) in [6.07, 6.45) is -0.631. The predicted octanol–water partition coefficient (Wildman–Crippen LogP) is 3.48. The molecule has 5 nitrogen and oxygen atoms in total. The first-order valence-electron chi connectivity index (χ1n) is 6.65. The van der Waals surface area contributed by atoms with Crippen LogP contribution in [0.4, 0.5) is 4.79 Å². The van der Waals surface area contributed by atoms with E-state index in [4.69, 9.17) is 27.9 Å². The van der Waals surface area contributed by atoms with E-state index in [2.05, 4.69) is 0 Å². The van der Waals surface area contributed by atoms with Crippen LogP contribution in [0.5, 0.6) is 0 Å². The number of hydrogen-bond donors (Lipinski definition) is 2. The van der Waals surface area contributed by atoms with Gasteiger partial charge >= 0.3 is 6.09 Å². The van der Waals surface area contributed by atoms with Gasteiger partial charge in [-0.05, 0) is 13.3 Å². The number of likely N-dealkylation sites (tertiary alicyclic amines) is 1. The Labute approximate surface area is 136 Å². The van der Waals surface area contributed by atoms with Gasteiger partial charge in [0.25, 0.3) is 0 Å². The summed E-state index contributed by atoms with van der Waals surface area (Å²) in [6, 6.07) is -0.168. The average molecular weight is 352 g/mol. The van der Waals surface area contributed by atoms with E-state index in [-0.39, 0.29) is 12.6 Å². The number of hydrogen-bond acceptors (Lipinski definition) is 4. The minimum atomic E-state index is -0.921. The molecule has 1 aromatic rings. The number of ether oxygens (including phenoxy) is 1. The van der Waals surface area contributed by atoms with Gasteiger partial charge in [-0.3, -0.25) is 0 Å². The summed E-state index contributed by atoms with van der Waals surface area (Å²) < 4.78 is 6.38. The van der Waals surface area contributed by atoms with Crippen molar-refractivity contribution < 1.29 is 19.7 Å². The van der Waals surface area contributed by atoms with Gasteiger partial charge in [0, 0.05) is 29.4 Å². The summed E-state index contributed by atoms with van der Waals surface area (Å²) in [4.78, 5) is 13.5. The summed E-state index contributed by atoms with van der Waals surface area (Å²) in [5.74, 6) is 0. The summed E-state index contributed by atoms with van der Waals surface area (Å²) in [7, 11) is 0. The zero-order valence-electron chi connectivity index (χ0n) is 11.3. The van der Waals surface area contributed by atoms with Gasteiger partial charge in [0.05, 0.1) is 11.6 Å². The molecule has 0 saturated carbocycles. The van der Waals surface area contributed by atoms with Gasteiger partial charge < -0.3 is 19.8 Å². The molecular formula is C13H15Cl2NO4S. The maximum atomic E-state index is 11.2. The second kappa shape index (κ2) is 5.28. The monoisotopic (exact) mass is 351 g/mol. The second-order valence-electron chi connectivity index (χ2n) is 5.53. The number of piperidine rings is 1. The van der Waals surface area contributed by atoms with Crippen LogP contribution in [0.15, 0.2) is 0 Å². The molecule has 1 aromatic heterocycles. The van der Waals surface area contributed by atoms with Crippen molar-refractivity contribution in [2.45, 2.75) is 37.5 Å². The van der Waals surface area contributed by atoms with Gasteiger partial charge in [0.15, 0.2) is 0 Å².